The predicted octanol–water partition coefficient (Wildman–Crippen LogP) is -0.179. The largest absolute Gasteiger partial charge is 0.395 e. The summed E-state index contributed by atoms with van der Waals surface area (Å²) in [7, 11) is 1.56. The van der Waals surface area contributed by atoms with E-state index in [0.717, 1.165) is 0 Å². The third-order valence-corrected chi connectivity index (χ3v) is 1.23. The van der Waals surface area contributed by atoms with Crippen LogP contribution in [0.15, 0.2) is 6.20 Å². The van der Waals surface area contributed by atoms with Crippen molar-refractivity contribution >= 4 is 5.82 Å². The molecule has 0 atom stereocenters. The Balaban J connectivity index is 3.12. The average Bonchev–Trinajstić information content (AvgIpc) is 2.30. The van der Waals surface area contributed by atoms with Crippen molar-refractivity contribution in [3.63, 3.8) is 0 Å². The highest BCUT2D eigenvalue weighted by atomic mass is 16.6. The Morgan fingerprint density at radius 1 is 1.91 bits per heavy atom. The third kappa shape index (κ3) is 1.35. The van der Waals surface area contributed by atoms with Crippen LogP contribution in [0.1, 0.15) is 5.56 Å². The molecule has 1 N–H and O–H groups in total. The van der Waals surface area contributed by atoms with Crippen molar-refractivity contribution in [1.29, 1.82) is 0 Å². The topological polar surface area (TPSA) is 81.2 Å². The van der Waals surface area contributed by atoms with Crippen LogP contribution < -0.4 is 0 Å². The second-order valence-electron chi connectivity index (χ2n) is 2.07. The Morgan fingerprint density at radius 2 is 2.55 bits per heavy atom. The summed E-state index contributed by atoms with van der Waals surface area (Å²) in [5, 5.41) is 22.4. The van der Waals surface area contributed by atoms with Crippen molar-refractivity contribution < 1.29 is 10.0 Å². The first kappa shape index (κ1) is 7.67. The second kappa shape index (κ2) is 2.67. The summed E-state index contributed by atoms with van der Waals surface area (Å²) in [6.45, 7) is -0.357. The van der Waals surface area contributed by atoms with Gasteiger partial charge in [0.15, 0.2) is 0 Å². The van der Waals surface area contributed by atoms with Gasteiger partial charge in [-0.05, 0) is 4.92 Å². The van der Waals surface area contributed by atoms with Crippen molar-refractivity contribution in [3.8, 4) is 0 Å². The molecule has 0 saturated heterocycles. The van der Waals surface area contributed by atoms with Crippen LogP contribution in [0.2, 0.25) is 0 Å². The van der Waals surface area contributed by atoms with E-state index < -0.39 is 4.92 Å². The van der Waals surface area contributed by atoms with E-state index in [1.807, 2.05) is 0 Å². The molecule has 6 nitrogen and oxygen atoms in total. The second-order valence-corrected chi connectivity index (χ2v) is 2.07. The highest BCUT2D eigenvalue weighted by Gasteiger charge is 2.17. The Morgan fingerprint density at radius 3 is 2.91 bits per heavy atom. The Hall–Kier alpha value is -1.43. The molecule has 0 aliphatic carbocycles. The summed E-state index contributed by atoms with van der Waals surface area (Å²) in [4.78, 5) is 9.59. The molecule has 1 aromatic heterocycles. The van der Waals surface area contributed by atoms with Gasteiger partial charge >= 0.3 is 5.82 Å². The van der Waals surface area contributed by atoms with E-state index in [1.54, 1.807) is 7.05 Å². The highest BCUT2D eigenvalue weighted by Crippen LogP contribution is 2.13. The SMILES string of the molecule is Cn1cc(CO)c([N+](=O)[O-])n1. The van der Waals surface area contributed by atoms with Crippen molar-refractivity contribution in [2.24, 2.45) is 7.05 Å². The molecule has 0 aliphatic heterocycles. The monoisotopic (exact) mass is 157 g/mol. The highest BCUT2D eigenvalue weighted by molar-refractivity contribution is 5.28. The van der Waals surface area contributed by atoms with E-state index >= 15 is 0 Å². The van der Waals surface area contributed by atoms with Crippen LogP contribution in [0.5, 0.6) is 0 Å². The molecule has 6 heteroatoms. The van der Waals surface area contributed by atoms with Gasteiger partial charge in [-0.1, -0.05) is 0 Å². The van der Waals surface area contributed by atoms with Crippen LogP contribution in [0, 0.1) is 10.1 Å². The summed E-state index contributed by atoms with van der Waals surface area (Å²) in [6.07, 6.45) is 1.41. The number of rotatable bonds is 2. The molecular formula is C5H7N3O3. The van der Waals surface area contributed by atoms with Crippen LogP contribution in [-0.4, -0.2) is 19.8 Å². The normalized spacial score (nSPS) is 10.0. The molecule has 11 heavy (non-hydrogen) atoms. The van der Waals surface area contributed by atoms with E-state index in [9.17, 15) is 10.1 Å². The lowest BCUT2D eigenvalue weighted by Crippen LogP contribution is -1.93. The maximum Gasteiger partial charge on any atom is 0.395 e. The number of hydrogen-bond acceptors (Lipinski definition) is 4. The molecule has 1 aromatic rings. The number of aromatic nitrogens is 2. The summed E-state index contributed by atoms with van der Waals surface area (Å²) in [5.74, 6) is -0.282. The van der Waals surface area contributed by atoms with Gasteiger partial charge in [0, 0.05) is 0 Å². The van der Waals surface area contributed by atoms with Gasteiger partial charge in [0.05, 0.1) is 30.5 Å². The lowest BCUT2D eigenvalue weighted by atomic mass is 10.3. The first-order valence-corrected chi connectivity index (χ1v) is 2.93. The number of aliphatic hydroxyl groups excluding tert-OH is 1. The number of aliphatic hydroxyl groups is 1. The van der Waals surface area contributed by atoms with E-state index in [2.05, 4.69) is 5.10 Å². The van der Waals surface area contributed by atoms with Gasteiger partial charge in [0.1, 0.15) is 0 Å². The molecule has 0 spiro atoms. The third-order valence-electron chi connectivity index (χ3n) is 1.23. The molecule has 60 valence electrons. The van der Waals surface area contributed by atoms with Crippen molar-refractivity contribution in [2.75, 3.05) is 0 Å². The summed E-state index contributed by atoms with van der Waals surface area (Å²) in [5.41, 5.74) is 0.234. The quantitative estimate of drug-likeness (QED) is 0.477. The molecule has 0 saturated carbocycles. The molecule has 0 fully saturated rings. The zero-order chi connectivity index (χ0) is 8.43. The average molecular weight is 157 g/mol. The first-order valence-electron chi connectivity index (χ1n) is 2.93. The molecule has 0 bridgehead atoms. The Bertz CT molecular complexity index is 281. The molecule has 0 aliphatic rings. The van der Waals surface area contributed by atoms with Gasteiger partial charge in [0.2, 0.25) is 0 Å². The molecular weight excluding hydrogens is 150 g/mol. The fraction of sp³-hybridized carbons (Fsp3) is 0.400. The van der Waals surface area contributed by atoms with E-state index in [-0.39, 0.29) is 18.0 Å². The van der Waals surface area contributed by atoms with Gasteiger partial charge in [-0.15, -0.1) is 0 Å². The first-order chi connectivity index (χ1) is 5.15. The summed E-state index contributed by atoms with van der Waals surface area (Å²) >= 11 is 0. The number of nitrogens with zero attached hydrogens (tertiary/aromatic N) is 3. The number of hydrogen-bond donors (Lipinski definition) is 1. The fourth-order valence-corrected chi connectivity index (χ4v) is 0.791. The minimum absolute atomic E-state index is 0.234. The molecule has 0 amide bonds. The Labute approximate surface area is 62.2 Å². The van der Waals surface area contributed by atoms with Gasteiger partial charge in [-0.25, -0.2) is 0 Å². The van der Waals surface area contributed by atoms with E-state index in [4.69, 9.17) is 5.11 Å². The summed E-state index contributed by atoms with van der Waals surface area (Å²) < 4.78 is 1.30. The standard InChI is InChI=1S/C5H7N3O3/c1-7-2-4(3-9)5(6-7)8(10)11/h2,9H,3H2,1H3. The smallest absolute Gasteiger partial charge is 0.391 e. The predicted molar refractivity (Wildman–Crippen MR) is 35.8 cm³/mol. The van der Waals surface area contributed by atoms with Crippen molar-refractivity contribution in [3.05, 3.63) is 21.9 Å². The van der Waals surface area contributed by atoms with Crippen molar-refractivity contribution in [1.82, 2.24) is 9.78 Å². The maximum atomic E-state index is 10.2. The van der Waals surface area contributed by atoms with Crippen LogP contribution in [-0.2, 0) is 13.7 Å². The zero-order valence-electron chi connectivity index (χ0n) is 5.89. The van der Waals surface area contributed by atoms with Gasteiger partial charge < -0.3 is 15.2 Å². The number of aryl methyl sites for hydroxylation is 1. The van der Waals surface area contributed by atoms with Gasteiger partial charge in [-0.3, -0.25) is 0 Å². The van der Waals surface area contributed by atoms with Crippen molar-refractivity contribution in [2.45, 2.75) is 6.61 Å². The molecule has 1 heterocycles. The minimum atomic E-state index is -0.619. The molecule has 0 unspecified atom stereocenters. The molecule has 1 rings (SSSR count). The number of nitro groups is 1. The maximum absolute atomic E-state index is 10.2. The minimum Gasteiger partial charge on any atom is -0.391 e. The Kier molecular flexibility index (Phi) is 1.86. The van der Waals surface area contributed by atoms with E-state index in [0.29, 0.717) is 0 Å². The van der Waals surface area contributed by atoms with Gasteiger partial charge in [0.25, 0.3) is 0 Å². The van der Waals surface area contributed by atoms with Crippen LogP contribution >= 0.6 is 0 Å². The molecule has 0 aromatic carbocycles. The fourth-order valence-electron chi connectivity index (χ4n) is 0.791. The zero-order valence-corrected chi connectivity index (χ0v) is 5.89. The van der Waals surface area contributed by atoms with Crippen LogP contribution in [0.3, 0.4) is 0 Å². The van der Waals surface area contributed by atoms with E-state index in [1.165, 1.54) is 10.9 Å². The molecule has 0 radical (unpaired) electrons. The lowest BCUT2D eigenvalue weighted by molar-refractivity contribution is -0.390. The van der Waals surface area contributed by atoms with Gasteiger partial charge in [-0.2, -0.15) is 4.68 Å². The summed E-state index contributed by atoms with van der Waals surface area (Å²) in [6, 6.07) is 0. The lowest BCUT2D eigenvalue weighted by Gasteiger charge is -1.88. The van der Waals surface area contributed by atoms with Crippen LogP contribution in [0.4, 0.5) is 5.82 Å². The van der Waals surface area contributed by atoms with Crippen LogP contribution in [0.25, 0.3) is 0 Å².